The van der Waals surface area contributed by atoms with Crippen molar-refractivity contribution >= 4 is 17.6 Å². The maximum atomic E-state index is 11.5. The molecule has 2 N–H and O–H groups in total. The molecule has 0 spiro atoms. The molecule has 1 unspecified atom stereocenters. The highest BCUT2D eigenvalue weighted by atomic mass is 16.4. The molecule has 120 valence electrons. The van der Waals surface area contributed by atoms with Crippen molar-refractivity contribution in [3.8, 4) is 0 Å². The molecule has 0 fully saturated rings. The number of nitrogens with zero attached hydrogens (tertiary/aromatic N) is 2. The van der Waals surface area contributed by atoms with Crippen LogP contribution >= 0.6 is 0 Å². The van der Waals surface area contributed by atoms with Gasteiger partial charge in [0.05, 0.1) is 12.5 Å². The van der Waals surface area contributed by atoms with E-state index < -0.39 is 12.1 Å². The summed E-state index contributed by atoms with van der Waals surface area (Å²) in [7, 11) is 1.79. The zero-order valence-electron chi connectivity index (χ0n) is 13.0. The number of carboxylic acids is 1. The Kier molecular flexibility index (Phi) is 5.15. The van der Waals surface area contributed by atoms with Crippen LogP contribution in [-0.4, -0.2) is 53.7 Å². The van der Waals surface area contributed by atoms with Gasteiger partial charge >= 0.3 is 5.97 Å². The summed E-state index contributed by atoms with van der Waals surface area (Å²) in [6.45, 7) is 3.01. The summed E-state index contributed by atoms with van der Waals surface area (Å²) in [5.74, 6) is -0.816. The quantitative estimate of drug-likeness (QED) is 0.820. The number of carbonyl (C=O) groups is 2. The summed E-state index contributed by atoms with van der Waals surface area (Å²) >= 11 is 0. The van der Waals surface area contributed by atoms with Crippen molar-refractivity contribution in [2.24, 2.45) is 0 Å². The van der Waals surface area contributed by atoms with Crippen molar-refractivity contribution in [2.45, 2.75) is 25.9 Å². The molecule has 1 amide bonds. The van der Waals surface area contributed by atoms with E-state index in [4.69, 9.17) is 5.11 Å². The molecule has 1 atom stereocenters. The maximum absolute atomic E-state index is 11.5. The molecular weight excluding hydrogens is 284 g/mol. The third-order valence-electron chi connectivity index (χ3n) is 3.96. The van der Waals surface area contributed by atoms with Crippen LogP contribution in [0.2, 0.25) is 0 Å². The lowest BCUT2D eigenvalue weighted by atomic mass is 10.0. The normalized spacial score (nSPS) is 15.0. The molecular formula is C16H22N2O4. The Hall–Kier alpha value is -1.92. The fourth-order valence-corrected chi connectivity index (χ4v) is 2.73. The molecule has 1 aliphatic rings. The van der Waals surface area contributed by atoms with E-state index in [0.717, 1.165) is 23.2 Å². The van der Waals surface area contributed by atoms with Crippen molar-refractivity contribution in [3.63, 3.8) is 0 Å². The van der Waals surface area contributed by atoms with Gasteiger partial charge in [-0.1, -0.05) is 12.1 Å². The minimum Gasteiger partial charge on any atom is -0.481 e. The molecule has 0 saturated heterocycles. The van der Waals surface area contributed by atoms with Gasteiger partial charge in [-0.05, 0) is 30.7 Å². The number of carbonyl (C=O) groups excluding carboxylic acids is 1. The SMILES string of the molecule is CC(=O)N1CCc2cc(C(O)CN(C)CCC(=O)O)ccc21. The Morgan fingerprint density at radius 2 is 2.14 bits per heavy atom. The number of benzene rings is 1. The van der Waals surface area contributed by atoms with E-state index in [1.54, 1.807) is 23.8 Å². The zero-order chi connectivity index (χ0) is 16.3. The highest BCUT2D eigenvalue weighted by Crippen LogP contribution is 2.30. The van der Waals surface area contributed by atoms with Crippen molar-refractivity contribution < 1.29 is 19.8 Å². The lowest BCUT2D eigenvalue weighted by molar-refractivity contribution is -0.137. The number of anilines is 1. The van der Waals surface area contributed by atoms with E-state index in [1.165, 1.54) is 0 Å². The van der Waals surface area contributed by atoms with Crippen LogP contribution in [0.3, 0.4) is 0 Å². The average Bonchev–Trinajstić information content (AvgIpc) is 2.88. The van der Waals surface area contributed by atoms with Crippen LogP contribution in [0.4, 0.5) is 5.69 Å². The number of aliphatic carboxylic acids is 1. The first-order valence-electron chi connectivity index (χ1n) is 7.38. The second kappa shape index (κ2) is 6.89. The molecule has 1 aliphatic heterocycles. The Morgan fingerprint density at radius 1 is 1.41 bits per heavy atom. The first-order valence-corrected chi connectivity index (χ1v) is 7.38. The van der Waals surface area contributed by atoms with Gasteiger partial charge < -0.3 is 20.0 Å². The molecule has 1 aromatic carbocycles. The molecule has 22 heavy (non-hydrogen) atoms. The van der Waals surface area contributed by atoms with E-state index in [9.17, 15) is 14.7 Å². The van der Waals surface area contributed by atoms with Gasteiger partial charge in [-0.15, -0.1) is 0 Å². The zero-order valence-corrected chi connectivity index (χ0v) is 13.0. The number of amides is 1. The summed E-state index contributed by atoms with van der Waals surface area (Å²) in [6.07, 6.45) is 0.182. The molecule has 6 nitrogen and oxygen atoms in total. The molecule has 0 radical (unpaired) electrons. The van der Waals surface area contributed by atoms with Crippen molar-refractivity contribution in [2.75, 3.05) is 31.6 Å². The smallest absolute Gasteiger partial charge is 0.304 e. The minimum atomic E-state index is -0.844. The Balaban J connectivity index is 2.01. The summed E-state index contributed by atoms with van der Waals surface area (Å²) in [4.78, 5) is 25.6. The highest BCUT2D eigenvalue weighted by Gasteiger charge is 2.23. The second-order valence-electron chi connectivity index (χ2n) is 5.73. The third kappa shape index (κ3) is 3.84. The second-order valence-corrected chi connectivity index (χ2v) is 5.73. The van der Waals surface area contributed by atoms with Crippen LogP contribution in [0, 0.1) is 0 Å². The number of rotatable bonds is 6. The average molecular weight is 306 g/mol. The fourth-order valence-electron chi connectivity index (χ4n) is 2.73. The molecule has 0 aromatic heterocycles. The van der Waals surface area contributed by atoms with Crippen LogP contribution in [0.5, 0.6) is 0 Å². The first-order chi connectivity index (χ1) is 10.4. The van der Waals surface area contributed by atoms with Gasteiger partial charge in [0.25, 0.3) is 0 Å². The van der Waals surface area contributed by atoms with E-state index >= 15 is 0 Å². The number of aliphatic hydroxyl groups excluding tert-OH is 1. The van der Waals surface area contributed by atoms with Gasteiger partial charge in [-0.25, -0.2) is 0 Å². The van der Waals surface area contributed by atoms with Crippen LogP contribution in [-0.2, 0) is 16.0 Å². The summed E-state index contributed by atoms with van der Waals surface area (Å²) in [5, 5.41) is 19.0. The van der Waals surface area contributed by atoms with Gasteiger partial charge in [0.15, 0.2) is 0 Å². The highest BCUT2D eigenvalue weighted by molar-refractivity contribution is 5.93. The van der Waals surface area contributed by atoms with Crippen molar-refractivity contribution in [1.29, 1.82) is 0 Å². The molecule has 0 saturated carbocycles. The van der Waals surface area contributed by atoms with Crippen LogP contribution in [0.1, 0.15) is 30.6 Å². The van der Waals surface area contributed by atoms with Crippen LogP contribution < -0.4 is 4.90 Å². The van der Waals surface area contributed by atoms with Gasteiger partial charge in [0, 0.05) is 32.2 Å². The molecule has 0 aliphatic carbocycles. The summed E-state index contributed by atoms with van der Waals surface area (Å²) in [5.41, 5.74) is 2.79. The first kappa shape index (κ1) is 16.5. The fraction of sp³-hybridized carbons (Fsp3) is 0.500. The number of hydrogen-bond acceptors (Lipinski definition) is 4. The standard InChI is InChI=1S/C16H22N2O4/c1-11(19)18-8-5-12-9-13(3-4-14(12)18)15(20)10-17(2)7-6-16(21)22/h3-4,9,15,20H,5-8,10H2,1-2H3,(H,21,22). The number of aliphatic hydroxyl groups is 1. The largest absolute Gasteiger partial charge is 0.481 e. The van der Waals surface area contributed by atoms with Gasteiger partial charge in [0.1, 0.15) is 0 Å². The topological polar surface area (TPSA) is 81.1 Å². The van der Waals surface area contributed by atoms with E-state index in [1.807, 2.05) is 18.2 Å². The van der Waals surface area contributed by atoms with E-state index in [2.05, 4.69) is 0 Å². The Bertz CT molecular complexity index is 573. The van der Waals surface area contributed by atoms with Crippen molar-refractivity contribution in [1.82, 2.24) is 4.90 Å². The lowest BCUT2D eigenvalue weighted by Crippen LogP contribution is -2.27. The number of carboxylic acid groups (broad SMARTS) is 1. The minimum absolute atomic E-state index is 0.0282. The molecule has 6 heteroatoms. The van der Waals surface area contributed by atoms with Gasteiger partial charge in [-0.2, -0.15) is 0 Å². The van der Waals surface area contributed by atoms with Crippen LogP contribution in [0.25, 0.3) is 0 Å². The number of likely N-dealkylation sites (N-methyl/N-ethyl adjacent to an activating group) is 1. The monoisotopic (exact) mass is 306 g/mol. The van der Waals surface area contributed by atoms with Crippen LogP contribution in [0.15, 0.2) is 18.2 Å². The van der Waals surface area contributed by atoms with Crippen molar-refractivity contribution in [3.05, 3.63) is 29.3 Å². The molecule has 1 heterocycles. The van der Waals surface area contributed by atoms with E-state index in [0.29, 0.717) is 19.6 Å². The Labute approximate surface area is 130 Å². The van der Waals surface area contributed by atoms with Gasteiger partial charge in [0.2, 0.25) is 5.91 Å². The maximum Gasteiger partial charge on any atom is 0.304 e. The molecule has 2 rings (SSSR count). The Morgan fingerprint density at radius 3 is 2.77 bits per heavy atom. The summed E-state index contributed by atoms with van der Waals surface area (Å²) < 4.78 is 0. The number of hydrogen-bond donors (Lipinski definition) is 2. The predicted octanol–water partition coefficient (Wildman–Crippen LogP) is 1.04. The molecule has 1 aromatic rings. The van der Waals surface area contributed by atoms with E-state index in [-0.39, 0.29) is 12.3 Å². The summed E-state index contributed by atoms with van der Waals surface area (Å²) in [6, 6.07) is 5.64. The predicted molar refractivity (Wildman–Crippen MR) is 82.9 cm³/mol. The number of fused-ring (bicyclic) bond motifs is 1. The third-order valence-corrected chi connectivity index (χ3v) is 3.96. The molecule has 0 bridgehead atoms. The van der Waals surface area contributed by atoms with Gasteiger partial charge in [-0.3, -0.25) is 9.59 Å². The lowest BCUT2D eigenvalue weighted by Gasteiger charge is -2.21.